The van der Waals surface area contributed by atoms with Crippen LogP contribution in [-0.4, -0.2) is 35.9 Å². The second-order valence-electron chi connectivity index (χ2n) is 14.2. The maximum atomic E-state index is 12.4. The van der Waals surface area contributed by atoms with Gasteiger partial charge in [-0.1, -0.05) is 53.9 Å². The predicted molar refractivity (Wildman–Crippen MR) is 139 cm³/mol. The van der Waals surface area contributed by atoms with Crippen molar-refractivity contribution < 1.29 is 23.8 Å². The third-order valence-electron chi connectivity index (χ3n) is 11.9. The van der Waals surface area contributed by atoms with Crippen LogP contribution in [0.25, 0.3) is 0 Å². The molecule has 0 amide bonds. The summed E-state index contributed by atoms with van der Waals surface area (Å²) in [5.74, 6) is 3.33. The topological polar surface area (TPSA) is 65.1 Å². The van der Waals surface area contributed by atoms with E-state index in [1.807, 2.05) is 0 Å². The third kappa shape index (κ3) is 4.05. The lowest BCUT2D eigenvalue weighted by Crippen LogP contribution is -2.63. The quantitative estimate of drug-likeness (QED) is 0.286. The Bertz CT molecular complexity index is 869. The Hall–Kier alpha value is -1.10. The summed E-state index contributed by atoms with van der Waals surface area (Å²) in [5.41, 5.74) is 0.0530. The minimum atomic E-state index is -0.317. The Morgan fingerprint density at radius 1 is 0.917 bits per heavy atom. The molecule has 5 aliphatic rings. The van der Waals surface area contributed by atoms with Crippen LogP contribution in [0.1, 0.15) is 113 Å². The first kappa shape index (κ1) is 26.5. The van der Waals surface area contributed by atoms with Crippen LogP contribution in [0, 0.1) is 46.3 Å². The molecule has 5 heteroatoms. The summed E-state index contributed by atoms with van der Waals surface area (Å²) in [6.07, 6.45) is 11.4. The highest BCUT2D eigenvalue weighted by molar-refractivity contribution is 5.67. The molecule has 5 fully saturated rings. The number of ether oxygens (including phenoxy) is 3. The Labute approximate surface area is 218 Å². The van der Waals surface area contributed by atoms with E-state index in [0.717, 1.165) is 37.0 Å². The van der Waals surface area contributed by atoms with Crippen molar-refractivity contribution in [1.29, 1.82) is 0 Å². The summed E-state index contributed by atoms with van der Waals surface area (Å²) in [5, 5.41) is 0. The molecule has 0 aromatic rings. The highest BCUT2D eigenvalue weighted by Gasteiger charge is 2.80. The fourth-order valence-electron chi connectivity index (χ4n) is 10.3. The fourth-order valence-corrected chi connectivity index (χ4v) is 10.3. The molecule has 204 valence electrons. The zero-order valence-electron chi connectivity index (χ0n) is 23.8. The number of epoxide rings is 1. The summed E-state index contributed by atoms with van der Waals surface area (Å²) in [7, 11) is 0. The lowest BCUT2D eigenvalue weighted by Gasteiger charge is -2.61. The molecule has 5 nitrogen and oxygen atoms in total. The maximum Gasteiger partial charge on any atom is 0.303 e. The summed E-state index contributed by atoms with van der Waals surface area (Å²) in [6, 6.07) is 0. The smallest absolute Gasteiger partial charge is 0.303 e. The largest absolute Gasteiger partial charge is 0.462 e. The van der Waals surface area contributed by atoms with Crippen LogP contribution < -0.4 is 0 Å². The van der Waals surface area contributed by atoms with Crippen LogP contribution in [0.2, 0.25) is 0 Å². The van der Waals surface area contributed by atoms with Gasteiger partial charge in [0.1, 0.15) is 23.9 Å². The molecule has 4 aliphatic carbocycles. The molecule has 11 atom stereocenters. The SMILES string of the molecule is CC(=O)O[C@H]1CC[C@]2(C)[C@H]3CC[C@]4(C)[C@@H]([C@H](C)CCCC(C)C)CC[C@H]4[C@@H]3[C@@H](OC(C)=O)[C@@H]3O[C@@]32C1. The molecule has 0 aromatic carbocycles. The highest BCUT2D eigenvalue weighted by atomic mass is 16.7. The molecule has 4 saturated carbocycles. The van der Waals surface area contributed by atoms with Crippen molar-refractivity contribution >= 4 is 11.9 Å². The number of hydrogen-bond acceptors (Lipinski definition) is 5. The fraction of sp³-hybridized carbons (Fsp3) is 0.935. The molecule has 1 spiro atoms. The predicted octanol–water partition coefficient (Wildman–Crippen LogP) is 6.71. The van der Waals surface area contributed by atoms with Gasteiger partial charge in [0, 0.05) is 31.6 Å². The maximum absolute atomic E-state index is 12.4. The molecule has 36 heavy (non-hydrogen) atoms. The molecule has 1 aliphatic heterocycles. The molecular formula is C31H50O5. The van der Waals surface area contributed by atoms with Gasteiger partial charge < -0.3 is 14.2 Å². The van der Waals surface area contributed by atoms with E-state index in [-0.39, 0.29) is 41.3 Å². The van der Waals surface area contributed by atoms with Gasteiger partial charge in [-0.3, -0.25) is 9.59 Å². The zero-order chi connectivity index (χ0) is 26.0. The molecule has 5 rings (SSSR count). The van der Waals surface area contributed by atoms with Crippen molar-refractivity contribution in [1.82, 2.24) is 0 Å². The Balaban J connectivity index is 1.41. The molecule has 1 saturated heterocycles. The number of carbonyl (C=O) groups excluding carboxylic acids is 2. The first-order valence-corrected chi connectivity index (χ1v) is 14.9. The minimum Gasteiger partial charge on any atom is -0.462 e. The highest BCUT2D eigenvalue weighted by Crippen LogP contribution is 2.74. The van der Waals surface area contributed by atoms with Crippen LogP contribution in [0.4, 0.5) is 0 Å². The van der Waals surface area contributed by atoms with Gasteiger partial charge in [0.15, 0.2) is 0 Å². The first-order valence-electron chi connectivity index (χ1n) is 14.9. The minimum absolute atomic E-state index is 0.0535. The third-order valence-corrected chi connectivity index (χ3v) is 11.9. The van der Waals surface area contributed by atoms with Gasteiger partial charge >= 0.3 is 11.9 Å². The van der Waals surface area contributed by atoms with E-state index in [1.54, 1.807) is 6.92 Å². The lowest BCUT2D eigenvalue weighted by atomic mass is 9.43. The van der Waals surface area contributed by atoms with Gasteiger partial charge in [-0.15, -0.1) is 0 Å². The molecule has 0 aromatic heterocycles. The van der Waals surface area contributed by atoms with E-state index < -0.39 is 0 Å². The van der Waals surface area contributed by atoms with Crippen LogP contribution in [0.15, 0.2) is 0 Å². The van der Waals surface area contributed by atoms with Crippen molar-refractivity contribution in [3.8, 4) is 0 Å². The Morgan fingerprint density at radius 2 is 1.64 bits per heavy atom. The van der Waals surface area contributed by atoms with Crippen molar-refractivity contribution in [3.05, 3.63) is 0 Å². The van der Waals surface area contributed by atoms with E-state index in [4.69, 9.17) is 14.2 Å². The summed E-state index contributed by atoms with van der Waals surface area (Å²) in [6.45, 7) is 15.2. The molecule has 0 unspecified atom stereocenters. The van der Waals surface area contributed by atoms with Gasteiger partial charge in [0.2, 0.25) is 0 Å². The van der Waals surface area contributed by atoms with E-state index >= 15 is 0 Å². The van der Waals surface area contributed by atoms with Crippen molar-refractivity contribution in [3.63, 3.8) is 0 Å². The van der Waals surface area contributed by atoms with Crippen LogP contribution in [-0.2, 0) is 23.8 Å². The van der Waals surface area contributed by atoms with Crippen LogP contribution >= 0.6 is 0 Å². The number of carbonyl (C=O) groups is 2. The molecule has 0 N–H and O–H groups in total. The van der Waals surface area contributed by atoms with Crippen molar-refractivity contribution in [2.75, 3.05) is 0 Å². The normalized spacial score (nSPS) is 47.7. The van der Waals surface area contributed by atoms with Gasteiger partial charge in [0.25, 0.3) is 0 Å². The molecule has 0 radical (unpaired) electrons. The standard InChI is InChI=1S/C31H50O5/c1-18(2)9-8-10-19(3)23-11-12-24-26-25(14-15-29(23,24)6)30(7)16-13-22(34-20(4)32)17-31(30)28(36-31)27(26)35-21(5)33/h18-19,22-28H,8-17H2,1-7H3/t19-,22+,23-,24+,25+,26+,27-,28+,29-,30-,31+/m1/s1. The van der Waals surface area contributed by atoms with Gasteiger partial charge in [-0.25, -0.2) is 0 Å². The monoisotopic (exact) mass is 502 g/mol. The summed E-state index contributed by atoms with van der Waals surface area (Å²) in [4.78, 5) is 24.1. The van der Waals surface area contributed by atoms with Crippen LogP contribution in [0.5, 0.6) is 0 Å². The average molecular weight is 503 g/mol. The van der Waals surface area contributed by atoms with E-state index in [0.29, 0.717) is 23.2 Å². The number of fused-ring (bicyclic) bond motifs is 4. The summed E-state index contributed by atoms with van der Waals surface area (Å²) >= 11 is 0. The van der Waals surface area contributed by atoms with Crippen molar-refractivity contribution in [2.24, 2.45) is 46.3 Å². The lowest BCUT2D eigenvalue weighted by molar-refractivity contribution is -0.181. The Morgan fingerprint density at radius 3 is 2.31 bits per heavy atom. The molecular weight excluding hydrogens is 452 g/mol. The second-order valence-corrected chi connectivity index (χ2v) is 14.2. The van der Waals surface area contributed by atoms with E-state index in [2.05, 4.69) is 34.6 Å². The van der Waals surface area contributed by atoms with E-state index in [1.165, 1.54) is 51.9 Å². The van der Waals surface area contributed by atoms with Gasteiger partial charge in [0.05, 0.1) is 0 Å². The first-order chi connectivity index (χ1) is 16.9. The average Bonchev–Trinajstić information content (AvgIpc) is 3.39. The van der Waals surface area contributed by atoms with Gasteiger partial charge in [-0.2, -0.15) is 0 Å². The molecule has 0 bridgehead atoms. The van der Waals surface area contributed by atoms with E-state index in [9.17, 15) is 9.59 Å². The second kappa shape index (κ2) is 9.27. The van der Waals surface area contributed by atoms with Crippen LogP contribution in [0.3, 0.4) is 0 Å². The zero-order valence-corrected chi connectivity index (χ0v) is 23.8. The Kier molecular flexibility index (Phi) is 6.83. The number of hydrogen-bond donors (Lipinski definition) is 0. The number of esters is 2. The number of rotatable bonds is 7. The van der Waals surface area contributed by atoms with Crippen molar-refractivity contribution in [2.45, 2.75) is 137 Å². The molecule has 1 heterocycles. The summed E-state index contributed by atoms with van der Waals surface area (Å²) < 4.78 is 18.5. The van der Waals surface area contributed by atoms with Gasteiger partial charge in [-0.05, 0) is 73.5 Å².